The molecule has 0 unspecified atom stereocenters. The number of aromatic nitrogens is 2. The van der Waals surface area contributed by atoms with Gasteiger partial charge in [0.15, 0.2) is 0 Å². The number of fused-ring (bicyclic) bond motifs is 1. The van der Waals surface area contributed by atoms with Crippen molar-refractivity contribution in [2.45, 2.75) is 26.7 Å². The number of nitrogens with one attached hydrogen (secondary N) is 1. The Kier molecular flexibility index (Phi) is 4.75. The van der Waals surface area contributed by atoms with E-state index in [9.17, 15) is 4.79 Å². The van der Waals surface area contributed by atoms with Crippen LogP contribution >= 0.6 is 0 Å². The molecule has 5 nitrogen and oxygen atoms in total. The minimum atomic E-state index is -0.0476. The van der Waals surface area contributed by atoms with Crippen LogP contribution in [0.5, 0.6) is 0 Å². The van der Waals surface area contributed by atoms with Gasteiger partial charge in [0.25, 0.3) is 0 Å². The Labute approximate surface area is 159 Å². The number of carbonyl (C=O) groups is 1. The van der Waals surface area contributed by atoms with Gasteiger partial charge < -0.3 is 10.2 Å². The van der Waals surface area contributed by atoms with Gasteiger partial charge >= 0.3 is 0 Å². The third-order valence-corrected chi connectivity index (χ3v) is 5.33. The highest BCUT2D eigenvalue weighted by molar-refractivity contribution is 5.93. The summed E-state index contributed by atoms with van der Waals surface area (Å²) in [6, 6.07) is 13.9. The van der Waals surface area contributed by atoms with Gasteiger partial charge in [0, 0.05) is 18.8 Å². The van der Waals surface area contributed by atoms with E-state index in [1.54, 1.807) is 0 Å². The molecule has 4 rings (SSSR count). The average molecular weight is 360 g/mol. The van der Waals surface area contributed by atoms with Gasteiger partial charge in [0.2, 0.25) is 5.91 Å². The van der Waals surface area contributed by atoms with Gasteiger partial charge in [-0.2, -0.15) is 0 Å². The Morgan fingerprint density at radius 3 is 2.74 bits per heavy atom. The number of amides is 1. The fourth-order valence-electron chi connectivity index (χ4n) is 3.56. The summed E-state index contributed by atoms with van der Waals surface area (Å²) in [5, 5.41) is 3.08. The summed E-state index contributed by atoms with van der Waals surface area (Å²) in [6.07, 6.45) is 3.68. The van der Waals surface area contributed by atoms with Gasteiger partial charge in [-0.05, 0) is 62.1 Å². The monoisotopic (exact) mass is 360 g/mol. The molecule has 138 valence electrons. The fraction of sp³-hybridized carbons (Fsp3) is 0.318. The maximum absolute atomic E-state index is 12.8. The van der Waals surface area contributed by atoms with Crippen molar-refractivity contribution in [1.29, 1.82) is 0 Å². The van der Waals surface area contributed by atoms with Crippen molar-refractivity contribution in [3.63, 3.8) is 0 Å². The molecule has 0 saturated carbocycles. The van der Waals surface area contributed by atoms with Crippen molar-refractivity contribution >= 4 is 28.4 Å². The van der Waals surface area contributed by atoms with Crippen LogP contribution in [0.3, 0.4) is 0 Å². The molecule has 2 heterocycles. The number of benzene rings is 2. The van der Waals surface area contributed by atoms with E-state index < -0.39 is 0 Å². The SMILES string of the molecule is Cc1ccc(NC(=O)[C@H]2CCCN(c3cnc4ccccc4n3)C2)cc1C. The van der Waals surface area contributed by atoms with Crippen molar-refractivity contribution in [1.82, 2.24) is 9.97 Å². The third-order valence-electron chi connectivity index (χ3n) is 5.33. The molecule has 1 amide bonds. The zero-order valence-corrected chi connectivity index (χ0v) is 15.8. The predicted molar refractivity (Wildman–Crippen MR) is 109 cm³/mol. The van der Waals surface area contributed by atoms with Gasteiger partial charge in [0.1, 0.15) is 5.82 Å². The Bertz CT molecular complexity index is 985. The lowest BCUT2D eigenvalue weighted by Gasteiger charge is -2.32. The average Bonchev–Trinajstić information content (AvgIpc) is 2.70. The molecular weight excluding hydrogens is 336 g/mol. The Morgan fingerprint density at radius 2 is 1.93 bits per heavy atom. The molecule has 5 heteroatoms. The molecule has 1 fully saturated rings. The summed E-state index contributed by atoms with van der Waals surface area (Å²) in [5.74, 6) is 0.878. The first-order chi connectivity index (χ1) is 13.1. The molecule has 1 atom stereocenters. The second-order valence-corrected chi connectivity index (χ2v) is 7.29. The number of hydrogen-bond acceptors (Lipinski definition) is 4. The highest BCUT2D eigenvalue weighted by Crippen LogP contribution is 2.24. The van der Waals surface area contributed by atoms with E-state index >= 15 is 0 Å². The van der Waals surface area contributed by atoms with E-state index in [0.717, 1.165) is 41.9 Å². The highest BCUT2D eigenvalue weighted by Gasteiger charge is 2.27. The molecule has 0 aliphatic carbocycles. The van der Waals surface area contributed by atoms with Crippen molar-refractivity contribution in [2.24, 2.45) is 5.92 Å². The van der Waals surface area contributed by atoms with E-state index in [4.69, 9.17) is 4.98 Å². The molecule has 1 aliphatic heterocycles. The molecule has 1 N–H and O–H groups in total. The zero-order valence-electron chi connectivity index (χ0n) is 15.8. The van der Waals surface area contributed by atoms with Crippen molar-refractivity contribution < 1.29 is 4.79 Å². The summed E-state index contributed by atoms with van der Waals surface area (Å²) in [5.41, 5.74) is 5.06. The van der Waals surface area contributed by atoms with Crippen molar-refractivity contribution in [2.75, 3.05) is 23.3 Å². The van der Waals surface area contributed by atoms with Gasteiger partial charge in [-0.15, -0.1) is 0 Å². The standard InChI is InChI=1S/C22H24N4O/c1-15-9-10-18(12-16(15)2)24-22(27)17-6-5-11-26(14-17)21-13-23-19-7-3-4-8-20(19)25-21/h3-4,7-10,12-13,17H,5-6,11,14H2,1-2H3,(H,24,27)/t17-/m0/s1. The molecule has 2 aromatic carbocycles. The van der Waals surface area contributed by atoms with Crippen LogP contribution in [0.2, 0.25) is 0 Å². The topological polar surface area (TPSA) is 58.1 Å². The highest BCUT2D eigenvalue weighted by atomic mass is 16.1. The summed E-state index contributed by atoms with van der Waals surface area (Å²) in [6.45, 7) is 5.71. The predicted octanol–water partition coefficient (Wildman–Crippen LogP) is 4.10. The maximum Gasteiger partial charge on any atom is 0.229 e. The van der Waals surface area contributed by atoms with Gasteiger partial charge in [-0.25, -0.2) is 4.98 Å². The molecule has 0 radical (unpaired) electrons. The van der Waals surface area contributed by atoms with Gasteiger partial charge in [-0.1, -0.05) is 18.2 Å². The molecular formula is C22H24N4O. The summed E-state index contributed by atoms with van der Waals surface area (Å²) in [4.78, 5) is 24.2. The van der Waals surface area contributed by atoms with Crippen molar-refractivity contribution in [3.8, 4) is 0 Å². The van der Waals surface area contributed by atoms with Crippen molar-refractivity contribution in [3.05, 3.63) is 59.8 Å². The number of anilines is 2. The molecule has 0 spiro atoms. The van der Waals surface area contributed by atoms with Crippen LogP contribution in [0.25, 0.3) is 11.0 Å². The van der Waals surface area contributed by atoms with Gasteiger partial charge in [0.05, 0.1) is 23.1 Å². The summed E-state index contributed by atoms with van der Waals surface area (Å²) < 4.78 is 0. The number of nitrogens with zero attached hydrogens (tertiary/aromatic N) is 3. The quantitative estimate of drug-likeness (QED) is 0.764. The van der Waals surface area contributed by atoms with Crippen LogP contribution in [0.15, 0.2) is 48.7 Å². The number of aryl methyl sites for hydroxylation is 2. The molecule has 1 saturated heterocycles. The van der Waals surface area contributed by atoms with E-state index in [2.05, 4.69) is 29.0 Å². The Balaban J connectivity index is 1.48. The smallest absolute Gasteiger partial charge is 0.229 e. The second-order valence-electron chi connectivity index (χ2n) is 7.29. The van der Waals surface area contributed by atoms with Crippen LogP contribution in [0.1, 0.15) is 24.0 Å². The lowest BCUT2D eigenvalue weighted by Crippen LogP contribution is -2.41. The van der Waals surface area contributed by atoms with Crippen LogP contribution < -0.4 is 10.2 Å². The normalized spacial score (nSPS) is 17.1. The van der Waals surface area contributed by atoms with Crippen LogP contribution in [0, 0.1) is 19.8 Å². The minimum absolute atomic E-state index is 0.0476. The Morgan fingerprint density at radius 1 is 1.11 bits per heavy atom. The fourth-order valence-corrected chi connectivity index (χ4v) is 3.56. The number of rotatable bonds is 3. The van der Waals surface area contributed by atoms with E-state index in [1.807, 2.05) is 48.7 Å². The first-order valence-electron chi connectivity index (χ1n) is 9.45. The third kappa shape index (κ3) is 3.77. The Hall–Kier alpha value is -2.95. The number of piperidine rings is 1. The van der Waals surface area contributed by atoms with Crippen LogP contribution in [0.4, 0.5) is 11.5 Å². The first kappa shape index (κ1) is 17.5. The lowest BCUT2D eigenvalue weighted by atomic mass is 9.97. The molecule has 1 aromatic heterocycles. The largest absolute Gasteiger partial charge is 0.355 e. The van der Waals surface area contributed by atoms with E-state index in [0.29, 0.717) is 6.54 Å². The molecule has 0 bridgehead atoms. The second kappa shape index (κ2) is 7.35. The lowest BCUT2D eigenvalue weighted by molar-refractivity contribution is -0.120. The van der Waals surface area contributed by atoms with E-state index in [-0.39, 0.29) is 11.8 Å². The molecule has 3 aromatic rings. The molecule has 1 aliphatic rings. The first-order valence-corrected chi connectivity index (χ1v) is 9.45. The number of hydrogen-bond donors (Lipinski definition) is 1. The van der Waals surface area contributed by atoms with Gasteiger partial charge in [-0.3, -0.25) is 9.78 Å². The minimum Gasteiger partial charge on any atom is -0.355 e. The van der Waals surface area contributed by atoms with Crippen LogP contribution in [-0.2, 0) is 4.79 Å². The number of para-hydroxylation sites is 2. The maximum atomic E-state index is 12.8. The summed E-state index contributed by atoms with van der Waals surface area (Å²) in [7, 11) is 0. The number of carbonyl (C=O) groups excluding carboxylic acids is 1. The zero-order chi connectivity index (χ0) is 18.8. The molecule has 27 heavy (non-hydrogen) atoms. The summed E-state index contributed by atoms with van der Waals surface area (Å²) >= 11 is 0. The van der Waals surface area contributed by atoms with Crippen LogP contribution in [-0.4, -0.2) is 29.0 Å². The van der Waals surface area contributed by atoms with E-state index in [1.165, 1.54) is 11.1 Å².